The molecule has 0 radical (unpaired) electrons. The van der Waals surface area contributed by atoms with Gasteiger partial charge in [0, 0.05) is 38.6 Å². The molecule has 1 aromatic carbocycles. The van der Waals surface area contributed by atoms with E-state index in [2.05, 4.69) is 31.8 Å². The lowest BCUT2D eigenvalue weighted by molar-refractivity contribution is -0.135. The van der Waals surface area contributed by atoms with Gasteiger partial charge in [0.25, 0.3) is 0 Å². The molecule has 31 heavy (non-hydrogen) atoms. The van der Waals surface area contributed by atoms with E-state index in [1.807, 2.05) is 11.8 Å². The van der Waals surface area contributed by atoms with Gasteiger partial charge in [0.2, 0.25) is 5.91 Å². The minimum absolute atomic E-state index is 0.168. The summed E-state index contributed by atoms with van der Waals surface area (Å²) in [6.07, 6.45) is 2.93. The second-order valence-corrected chi connectivity index (χ2v) is 9.52. The van der Waals surface area contributed by atoms with E-state index in [9.17, 15) is 9.59 Å². The Kier molecular flexibility index (Phi) is 5.56. The van der Waals surface area contributed by atoms with Gasteiger partial charge < -0.3 is 14.5 Å². The van der Waals surface area contributed by atoms with Crippen molar-refractivity contribution in [2.75, 3.05) is 45.9 Å². The minimum Gasteiger partial charge on any atom is -0.450 e. The molecule has 1 atom stereocenters. The van der Waals surface area contributed by atoms with Gasteiger partial charge in [-0.05, 0) is 62.4 Å². The summed E-state index contributed by atoms with van der Waals surface area (Å²) in [6, 6.07) is 6.34. The SMILES string of the molecule is CCOC(=O)N1CCN(C(=O)C2CC23CCN(Cc2ccc4nsnc4c2)CC3)CC1. The molecule has 8 nitrogen and oxygen atoms in total. The molecule has 1 spiro atoms. The molecule has 0 N–H and O–H groups in total. The van der Waals surface area contributed by atoms with Gasteiger partial charge in [-0.15, -0.1) is 0 Å². The van der Waals surface area contributed by atoms with Crippen molar-refractivity contribution in [3.05, 3.63) is 23.8 Å². The molecule has 3 heterocycles. The second-order valence-electron chi connectivity index (χ2n) is 8.99. The summed E-state index contributed by atoms with van der Waals surface area (Å²) in [7, 11) is 0. The number of rotatable bonds is 4. The monoisotopic (exact) mass is 443 g/mol. The third kappa shape index (κ3) is 4.13. The van der Waals surface area contributed by atoms with Crippen LogP contribution in [0.15, 0.2) is 18.2 Å². The lowest BCUT2D eigenvalue weighted by Crippen LogP contribution is -2.51. The zero-order valence-corrected chi connectivity index (χ0v) is 18.8. The Morgan fingerprint density at radius 1 is 1.06 bits per heavy atom. The van der Waals surface area contributed by atoms with Crippen LogP contribution in [0.2, 0.25) is 0 Å². The van der Waals surface area contributed by atoms with Crippen molar-refractivity contribution in [1.82, 2.24) is 23.4 Å². The fraction of sp³-hybridized carbons (Fsp3) is 0.636. The number of benzene rings is 1. The van der Waals surface area contributed by atoms with Crippen molar-refractivity contribution >= 4 is 34.8 Å². The molecule has 5 rings (SSSR count). The smallest absolute Gasteiger partial charge is 0.409 e. The first kappa shape index (κ1) is 20.6. The topological polar surface area (TPSA) is 78.9 Å². The summed E-state index contributed by atoms with van der Waals surface area (Å²) >= 11 is 1.26. The van der Waals surface area contributed by atoms with Crippen LogP contribution in [0.25, 0.3) is 11.0 Å². The molecule has 1 unspecified atom stereocenters. The Hall–Kier alpha value is -2.26. The van der Waals surface area contributed by atoms with E-state index in [0.717, 1.165) is 49.9 Å². The highest BCUT2D eigenvalue weighted by Gasteiger charge is 2.59. The number of hydrogen-bond acceptors (Lipinski definition) is 7. The Bertz CT molecular complexity index is 963. The molecule has 9 heteroatoms. The van der Waals surface area contributed by atoms with Crippen LogP contribution in [0, 0.1) is 11.3 Å². The Balaban J connectivity index is 1.10. The number of amides is 2. The molecule has 1 saturated carbocycles. The van der Waals surface area contributed by atoms with Crippen molar-refractivity contribution in [1.29, 1.82) is 0 Å². The molecule has 0 bridgehead atoms. The number of piperazine rings is 1. The molecule has 1 aromatic heterocycles. The maximum atomic E-state index is 13.1. The predicted molar refractivity (Wildman–Crippen MR) is 118 cm³/mol. The van der Waals surface area contributed by atoms with Crippen LogP contribution in [-0.2, 0) is 16.1 Å². The van der Waals surface area contributed by atoms with Gasteiger partial charge in [0.1, 0.15) is 11.0 Å². The highest BCUT2D eigenvalue weighted by Crippen LogP contribution is 2.60. The van der Waals surface area contributed by atoms with Crippen molar-refractivity contribution < 1.29 is 14.3 Å². The molecule has 166 valence electrons. The minimum atomic E-state index is -0.268. The lowest BCUT2D eigenvalue weighted by atomic mass is 9.90. The number of fused-ring (bicyclic) bond motifs is 1. The van der Waals surface area contributed by atoms with Crippen LogP contribution in [-0.4, -0.2) is 81.3 Å². The third-order valence-electron chi connectivity index (χ3n) is 7.18. The number of nitrogens with zero attached hydrogens (tertiary/aromatic N) is 5. The Labute approximate surface area is 186 Å². The van der Waals surface area contributed by atoms with Crippen LogP contribution >= 0.6 is 11.7 Å². The summed E-state index contributed by atoms with van der Waals surface area (Å²) in [4.78, 5) is 31.1. The number of carbonyl (C=O) groups excluding carboxylic acids is 2. The van der Waals surface area contributed by atoms with Gasteiger partial charge in [-0.2, -0.15) is 8.75 Å². The summed E-state index contributed by atoms with van der Waals surface area (Å²) in [5, 5.41) is 0. The number of likely N-dealkylation sites (tertiary alicyclic amines) is 1. The first-order chi connectivity index (χ1) is 15.1. The third-order valence-corrected chi connectivity index (χ3v) is 7.74. The largest absolute Gasteiger partial charge is 0.450 e. The molecule has 2 aliphatic heterocycles. The van der Waals surface area contributed by atoms with Gasteiger partial charge >= 0.3 is 6.09 Å². The van der Waals surface area contributed by atoms with E-state index < -0.39 is 0 Å². The number of hydrogen-bond donors (Lipinski definition) is 0. The first-order valence-electron chi connectivity index (χ1n) is 11.2. The normalized spacial score (nSPS) is 23.3. The van der Waals surface area contributed by atoms with Crippen LogP contribution in [0.4, 0.5) is 4.79 Å². The fourth-order valence-corrected chi connectivity index (χ4v) is 5.65. The van der Waals surface area contributed by atoms with Crippen LogP contribution in [0.5, 0.6) is 0 Å². The molecular weight excluding hydrogens is 414 g/mol. The zero-order valence-electron chi connectivity index (χ0n) is 18.0. The molecule has 3 aliphatic rings. The van der Waals surface area contributed by atoms with Crippen LogP contribution in [0.3, 0.4) is 0 Å². The Morgan fingerprint density at radius 2 is 1.77 bits per heavy atom. The van der Waals surface area contributed by atoms with Gasteiger partial charge in [0.05, 0.1) is 18.3 Å². The van der Waals surface area contributed by atoms with Gasteiger partial charge in [-0.1, -0.05) is 6.07 Å². The number of carbonyl (C=O) groups is 2. The summed E-state index contributed by atoms with van der Waals surface area (Å²) in [5.41, 5.74) is 3.42. The maximum absolute atomic E-state index is 13.1. The molecule has 2 aromatic rings. The zero-order chi connectivity index (χ0) is 21.4. The summed E-state index contributed by atoms with van der Waals surface area (Å²) in [5.74, 6) is 0.458. The van der Waals surface area contributed by atoms with E-state index in [1.54, 1.807) is 4.90 Å². The summed E-state index contributed by atoms with van der Waals surface area (Å²) in [6.45, 7) is 7.56. The van der Waals surface area contributed by atoms with Crippen molar-refractivity contribution in [2.45, 2.75) is 32.7 Å². The lowest BCUT2D eigenvalue weighted by Gasteiger charge is -2.36. The van der Waals surface area contributed by atoms with Gasteiger partial charge in [-0.3, -0.25) is 9.69 Å². The van der Waals surface area contributed by atoms with Gasteiger partial charge in [-0.25, -0.2) is 4.79 Å². The highest BCUT2D eigenvalue weighted by atomic mass is 32.1. The predicted octanol–water partition coefficient (Wildman–Crippen LogP) is 2.59. The number of aromatic nitrogens is 2. The molecule has 1 aliphatic carbocycles. The Morgan fingerprint density at radius 3 is 2.52 bits per heavy atom. The standard InChI is InChI=1S/C22H29N5O3S/c1-2-30-21(29)27-11-9-26(10-12-27)20(28)17-14-22(17)5-7-25(8-6-22)15-16-3-4-18-19(13-16)24-31-23-18/h3-4,13,17H,2,5-12,14-15H2,1H3. The van der Waals surface area contributed by atoms with E-state index in [1.165, 1.54) is 17.3 Å². The van der Waals surface area contributed by atoms with E-state index in [0.29, 0.717) is 38.7 Å². The molecule has 2 saturated heterocycles. The average Bonchev–Trinajstić information content (AvgIpc) is 3.28. The van der Waals surface area contributed by atoms with E-state index >= 15 is 0 Å². The van der Waals surface area contributed by atoms with Crippen molar-refractivity contribution in [3.8, 4) is 0 Å². The molecule has 2 amide bonds. The second kappa shape index (κ2) is 8.35. The average molecular weight is 444 g/mol. The van der Waals surface area contributed by atoms with E-state index in [4.69, 9.17) is 4.74 Å². The van der Waals surface area contributed by atoms with E-state index in [-0.39, 0.29) is 17.4 Å². The van der Waals surface area contributed by atoms with Crippen LogP contribution in [0.1, 0.15) is 31.7 Å². The molecular formula is C22H29N5O3S. The quantitative estimate of drug-likeness (QED) is 0.723. The fourth-order valence-electron chi connectivity index (χ4n) is 5.13. The van der Waals surface area contributed by atoms with Crippen LogP contribution < -0.4 is 0 Å². The number of ether oxygens (including phenoxy) is 1. The number of piperidine rings is 1. The highest BCUT2D eigenvalue weighted by molar-refractivity contribution is 7.00. The summed E-state index contributed by atoms with van der Waals surface area (Å²) < 4.78 is 13.7. The van der Waals surface area contributed by atoms with Crippen molar-refractivity contribution in [2.24, 2.45) is 11.3 Å². The van der Waals surface area contributed by atoms with Gasteiger partial charge in [0.15, 0.2) is 0 Å². The first-order valence-corrected chi connectivity index (χ1v) is 11.9. The molecule has 3 fully saturated rings. The maximum Gasteiger partial charge on any atom is 0.409 e. The van der Waals surface area contributed by atoms with Crippen molar-refractivity contribution in [3.63, 3.8) is 0 Å².